The van der Waals surface area contributed by atoms with Crippen molar-refractivity contribution in [3.8, 4) is 0 Å². The van der Waals surface area contributed by atoms with E-state index in [2.05, 4.69) is 13.2 Å². The van der Waals surface area contributed by atoms with Gasteiger partial charge in [0.05, 0.1) is 24.3 Å². The van der Waals surface area contributed by atoms with Crippen molar-refractivity contribution >= 4 is 11.9 Å². The quantitative estimate of drug-likeness (QED) is 0.523. The molecule has 0 saturated heterocycles. The lowest BCUT2D eigenvalue weighted by atomic mass is 10.1. The highest BCUT2D eigenvalue weighted by atomic mass is 16.5. The topological polar surface area (TPSA) is 52.6 Å². The third-order valence-electron chi connectivity index (χ3n) is 2.36. The Bertz CT molecular complexity index is 369. The number of carbonyl (C=O) groups excluding carboxylic acids is 2. The van der Waals surface area contributed by atoms with Gasteiger partial charge in [0.25, 0.3) is 0 Å². The van der Waals surface area contributed by atoms with Gasteiger partial charge in [0, 0.05) is 0 Å². The summed E-state index contributed by atoms with van der Waals surface area (Å²) < 4.78 is 10.1. The second-order valence-electron chi connectivity index (χ2n) is 3.56. The molecule has 18 heavy (non-hydrogen) atoms. The van der Waals surface area contributed by atoms with Crippen LogP contribution in [0.15, 0.2) is 37.4 Å². The van der Waals surface area contributed by atoms with Gasteiger partial charge in [0.2, 0.25) is 0 Å². The van der Waals surface area contributed by atoms with Crippen molar-refractivity contribution in [3.05, 3.63) is 48.6 Å². The second-order valence-corrected chi connectivity index (χ2v) is 3.56. The molecule has 96 valence electrons. The van der Waals surface area contributed by atoms with Crippen LogP contribution in [0.5, 0.6) is 0 Å². The van der Waals surface area contributed by atoms with Crippen molar-refractivity contribution in [1.82, 2.24) is 0 Å². The smallest absolute Gasteiger partial charge is 0.338 e. The molecule has 0 radical (unpaired) electrons. The minimum absolute atomic E-state index is 0.347. The van der Waals surface area contributed by atoms with E-state index in [0.29, 0.717) is 37.2 Å². The number of hydrogen-bond acceptors (Lipinski definition) is 4. The summed E-state index contributed by atoms with van der Waals surface area (Å²) in [6, 6.07) is 6.28. The van der Waals surface area contributed by atoms with Gasteiger partial charge in [-0.05, 0) is 37.1 Å². The van der Waals surface area contributed by atoms with E-state index in [1.165, 1.54) is 0 Å². The van der Waals surface area contributed by atoms with E-state index in [4.69, 9.17) is 9.47 Å². The summed E-state index contributed by atoms with van der Waals surface area (Å²) in [4.78, 5) is 23.0. The first-order valence-electron chi connectivity index (χ1n) is 5.72. The third-order valence-corrected chi connectivity index (χ3v) is 2.36. The highest BCUT2D eigenvalue weighted by molar-refractivity contribution is 5.93. The predicted molar refractivity (Wildman–Crippen MR) is 67.5 cm³/mol. The van der Waals surface area contributed by atoms with Crippen LogP contribution in [-0.4, -0.2) is 25.2 Å². The molecule has 0 spiro atoms. The summed E-state index contributed by atoms with van der Waals surface area (Å²) >= 11 is 0. The summed E-state index contributed by atoms with van der Waals surface area (Å²) in [7, 11) is 0. The number of esters is 2. The Labute approximate surface area is 106 Å². The molecule has 1 aromatic rings. The van der Waals surface area contributed by atoms with Crippen LogP contribution in [0.2, 0.25) is 0 Å². The van der Waals surface area contributed by atoms with Gasteiger partial charge in [0.15, 0.2) is 0 Å². The molecular weight excluding hydrogens is 232 g/mol. The summed E-state index contributed by atoms with van der Waals surface area (Å²) in [5.74, 6) is -0.694. The molecule has 2 aliphatic heterocycles. The second kappa shape index (κ2) is 7.27. The van der Waals surface area contributed by atoms with Gasteiger partial charge in [-0.25, -0.2) is 9.59 Å². The van der Waals surface area contributed by atoms with Crippen molar-refractivity contribution in [2.24, 2.45) is 0 Å². The van der Waals surface area contributed by atoms with Crippen LogP contribution in [0.4, 0.5) is 0 Å². The van der Waals surface area contributed by atoms with Crippen molar-refractivity contribution in [1.29, 1.82) is 0 Å². The average Bonchev–Trinajstić information content (AvgIpc) is 2.43. The molecule has 0 fully saturated rings. The largest absolute Gasteiger partial charge is 0.462 e. The molecule has 4 nitrogen and oxygen atoms in total. The van der Waals surface area contributed by atoms with Gasteiger partial charge in [-0.3, -0.25) is 0 Å². The third kappa shape index (κ3) is 3.73. The van der Waals surface area contributed by atoms with Crippen molar-refractivity contribution in [3.63, 3.8) is 0 Å². The maximum absolute atomic E-state index is 11.5. The fourth-order valence-corrected chi connectivity index (χ4v) is 1.44. The normalized spacial score (nSPS) is 15.3. The Morgan fingerprint density at radius 3 is 1.44 bits per heavy atom. The molecule has 0 atom stereocenters. The zero-order valence-electron chi connectivity index (χ0n) is 10.2. The maximum Gasteiger partial charge on any atom is 0.338 e. The molecule has 0 saturated carbocycles. The van der Waals surface area contributed by atoms with Crippen LogP contribution in [0.1, 0.15) is 33.6 Å². The van der Waals surface area contributed by atoms with Crippen LogP contribution in [0.25, 0.3) is 0 Å². The molecule has 4 heteroatoms. The molecule has 2 aliphatic rings. The van der Waals surface area contributed by atoms with E-state index in [9.17, 15) is 9.59 Å². The summed E-state index contributed by atoms with van der Waals surface area (Å²) in [6.07, 6.45) is 1.41. The average molecular weight is 248 g/mol. The molecular formula is C14H16O4. The van der Waals surface area contributed by atoms with E-state index >= 15 is 0 Å². The van der Waals surface area contributed by atoms with Gasteiger partial charge in [-0.2, -0.15) is 0 Å². The van der Waals surface area contributed by atoms with Gasteiger partial charge in [-0.15, -0.1) is 13.2 Å². The van der Waals surface area contributed by atoms with Gasteiger partial charge in [0.1, 0.15) is 0 Å². The zero-order chi connectivity index (χ0) is 13.4. The number of fused-ring (bicyclic) bond motifs is 9. The Hall–Kier alpha value is -2.10. The standard InChI is InChI=1S/C12H12O4.C2H4/c13-11-9-3-5-10(6-4-9)12(14)16-8-2-1-7-15-11;1-2/h3-6H,1-2,7-8H2;1-2H2. The molecule has 0 amide bonds. The number of benzene rings is 1. The lowest BCUT2D eigenvalue weighted by molar-refractivity contribution is 0.0427. The predicted octanol–water partition coefficient (Wildman–Crippen LogP) is 2.60. The van der Waals surface area contributed by atoms with Crippen LogP contribution in [0, 0.1) is 0 Å². The van der Waals surface area contributed by atoms with Gasteiger partial charge >= 0.3 is 11.9 Å². The Balaban J connectivity index is 0.000000771. The zero-order valence-corrected chi connectivity index (χ0v) is 10.2. The molecule has 3 rings (SSSR count). The Morgan fingerprint density at radius 1 is 0.778 bits per heavy atom. The molecule has 0 N–H and O–H groups in total. The van der Waals surface area contributed by atoms with Crippen molar-refractivity contribution in [2.45, 2.75) is 12.8 Å². The first-order valence-corrected chi connectivity index (χ1v) is 5.72. The van der Waals surface area contributed by atoms with E-state index in [-0.39, 0.29) is 11.9 Å². The monoisotopic (exact) mass is 248 g/mol. The summed E-state index contributed by atoms with van der Waals surface area (Å²) in [5, 5.41) is 0. The van der Waals surface area contributed by atoms with Crippen molar-refractivity contribution in [2.75, 3.05) is 13.2 Å². The molecule has 0 aliphatic carbocycles. The molecule has 2 heterocycles. The molecule has 0 aromatic heterocycles. The Kier molecular flexibility index (Phi) is 5.64. The fourth-order valence-electron chi connectivity index (χ4n) is 1.44. The van der Waals surface area contributed by atoms with Crippen molar-refractivity contribution < 1.29 is 19.1 Å². The van der Waals surface area contributed by atoms with Crippen LogP contribution >= 0.6 is 0 Å². The number of hydrogen-bond donors (Lipinski definition) is 0. The van der Waals surface area contributed by atoms with E-state index < -0.39 is 0 Å². The van der Waals surface area contributed by atoms with Crippen LogP contribution in [0.3, 0.4) is 0 Å². The van der Waals surface area contributed by atoms with Crippen LogP contribution in [-0.2, 0) is 9.47 Å². The van der Waals surface area contributed by atoms with Crippen LogP contribution < -0.4 is 0 Å². The Morgan fingerprint density at radius 2 is 1.11 bits per heavy atom. The summed E-state index contributed by atoms with van der Waals surface area (Å²) in [6.45, 7) is 6.72. The molecule has 0 unspecified atom stereocenters. The van der Waals surface area contributed by atoms with Gasteiger partial charge < -0.3 is 9.47 Å². The first-order chi connectivity index (χ1) is 8.77. The molecule has 1 aromatic carbocycles. The molecule has 2 bridgehead atoms. The van der Waals surface area contributed by atoms with E-state index in [0.717, 1.165) is 0 Å². The van der Waals surface area contributed by atoms with E-state index in [1.807, 2.05) is 0 Å². The van der Waals surface area contributed by atoms with Gasteiger partial charge in [-0.1, -0.05) is 0 Å². The number of carbonyl (C=O) groups is 2. The fraction of sp³-hybridized carbons (Fsp3) is 0.286. The lowest BCUT2D eigenvalue weighted by Gasteiger charge is -2.09. The minimum Gasteiger partial charge on any atom is -0.462 e. The minimum atomic E-state index is -0.347. The first kappa shape index (κ1) is 14.0. The maximum atomic E-state index is 11.5. The van der Waals surface area contributed by atoms with E-state index in [1.54, 1.807) is 24.3 Å². The highest BCUT2D eigenvalue weighted by Gasteiger charge is 2.12. The lowest BCUT2D eigenvalue weighted by Crippen LogP contribution is -2.12. The summed E-state index contributed by atoms with van der Waals surface area (Å²) in [5.41, 5.74) is 0.911. The SMILES string of the molecule is C=C.O=C1OCCCCOC(=O)c2ccc1cc2. The highest BCUT2D eigenvalue weighted by Crippen LogP contribution is 2.09. The number of ether oxygens (including phenoxy) is 2. The number of rotatable bonds is 0.